The number of aryl methyl sites for hydroxylation is 2. The molecule has 0 aliphatic carbocycles. The molecule has 0 aliphatic rings. The second kappa shape index (κ2) is 8.93. The van der Waals surface area contributed by atoms with E-state index in [1.54, 1.807) is 30.3 Å². The predicted octanol–water partition coefficient (Wildman–Crippen LogP) is 4.57. The number of rotatable bonds is 6. The molecular formula is C25H24N4O3. The molecule has 2 N–H and O–H groups in total. The minimum atomic E-state index is -0.366. The van der Waals surface area contributed by atoms with Gasteiger partial charge in [0.1, 0.15) is 0 Å². The predicted molar refractivity (Wildman–Crippen MR) is 122 cm³/mol. The van der Waals surface area contributed by atoms with Crippen molar-refractivity contribution in [3.8, 4) is 5.69 Å². The van der Waals surface area contributed by atoms with E-state index in [9.17, 15) is 9.59 Å². The van der Waals surface area contributed by atoms with Crippen molar-refractivity contribution in [1.82, 2.24) is 15.1 Å². The van der Waals surface area contributed by atoms with Crippen molar-refractivity contribution in [1.29, 1.82) is 0 Å². The van der Waals surface area contributed by atoms with E-state index in [1.165, 1.54) is 6.26 Å². The first-order valence-electron chi connectivity index (χ1n) is 10.3. The Labute approximate surface area is 186 Å². The van der Waals surface area contributed by atoms with Gasteiger partial charge in [0.25, 0.3) is 11.8 Å². The lowest BCUT2D eigenvalue weighted by atomic mass is 10.1. The highest BCUT2D eigenvalue weighted by molar-refractivity contribution is 6.03. The van der Waals surface area contributed by atoms with Crippen LogP contribution in [0.1, 0.15) is 43.4 Å². The second-order valence-electron chi connectivity index (χ2n) is 7.54. The zero-order valence-electron chi connectivity index (χ0n) is 18.2. The van der Waals surface area contributed by atoms with Crippen LogP contribution < -0.4 is 10.6 Å². The fourth-order valence-corrected chi connectivity index (χ4v) is 3.51. The maximum absolute atomic E-state index is 12.8. The summed E-state index contributed by atoms with van der Waals surface area (Å²) in [5.41, 5.74) is 5.64. The number of benzene rings is 2. The van der Waals surface area contributed by atoms with Crippen LogP contribution in [0.3, 0.4) is 0 Å². The highest BCUT2D eigenvalue weighted by atomic mass is 16.3. The number of anilines is 1. The second-order valence-corrected chi connectivity index (χ2v) is 7.54. The average Bonchev–Trinajstić information content (AvgIpc) is 3.43. The van der Waals surface area contributed by atoms with Crippen molar-refractivity contribution in [2.45, 2.75) is 27.3 Å². The molecule has 7 heteroatoms. The summed E-state index contributed by atoms with van der Waals surface area (Å²) in [6.45, 7) is 6.14. The van der Waals surface area contributed by atoms with Crippen molar-refractivity contribution in [2.75, 3.05) is 5.32 Å². The zero-order chi connectivity index (χ0) is 22.7. The van der Waals surface area contributed by atoms with Crippen molar-refractivity contribution in [3.63, 3.8) is 0 Å². The van der Waals surface area contributed by atoms with Crippen LogP contribution in [-0.4, -0.2) is 21.6 Å². The Kier molecular flexibility index (Phi) is 5.89. The molecule has 2 amide bonds. The van der Waals surface area contributed by atoms with Crippen molar-refractivity contribution in [2.24, 2.45) is 0 Å². The van der Waals surface area contributed by atoms with Gasteiger partial charge in [-0.3, -0.25) is 9.59 Å². The summed E-state index contributed by atoms with van der Waals surface area (Å²) in [4.78, 5) is 25.1. The van der Waals surface area contributed by atoms with E-state index in [0.29, 0.717) is 17.8 Å². The normalized spacial score (nSPS) is 10.7. The number of hydrogen-bond acceptors (Lipinski definition) is 4. The quantitative estimate of drug-likeness (QED) is 0.471. The fraction of sp³-hybridized carbons (Fsp3) is 0.160. The molecule has 0 radical (unpaired) electrons. The number of carbonyl (C=O) groups is 2. The third-order valence-electron chi connectivity index (χ3n) is 5.36. The number of hydrogen-bond donors (Lipinski definition) is 2. The molecule has 4 aromatic rings. The van der Waals surface area contributed by atoms with Gasteiger partial charge in [0, 0.05) is 29.1 Å². The van der Waals surface area contributed by atoms with Crippen LogP contribution in [-0.2, 0) is 6.54 Å². The summed E-state index contributed by atoms with van der Waals surface area (Å²) >= 11 is 0. The molecule has 32 heavy (non-hydrogen) atoms. The van der Waals surface area contributed by atoms with Crippen LogP contribution >= 0.6 is 0 Å². The number of carbonyl (C=O) groups excluding carboxylic acids is 2. The molecule has 2 heterocycles. The first-order valence-corrected chi connectivity index (χ1v) is 10.3. The monoisotopic (exact) mass is 428 g/mol. The SMILES string of the molecule is Cc1ccc(C(=O)NCc2c(C)nn(-c3ccccc3)c2C)cc1NC(=O)c1ccco1. The summed E-state index contributed by atoms with van der Waals surface area (Å²) in [6, 6.07) is 18.3. The standard InChI is InChI=1S/C25H24N4O3/c1-16-11-12-19(14-22(16)27-25(31)23-10-7-13-32-23)24(30)26-15-21-17(2)28-29(18(21)3)20-8-5-4-6-9-20/h4-14H,15H2,1-3H3,(H,26,30)(H,27,31). The highest BCUT2D eigenvalue weighted by Crippen LogP contribution is 2.20. The van der Waals surface area contributed by atoms with E-state index < -0.39 is 0 Å². The van der Waals surface area contributed by atoms with E-state index in [1.807, 2.05) is 55.8 Å². The molecule has 0 saturated carbocycles. The van der Waals surface area contributed by atoms with Crippen LogP contribution in [0.4, 0.5) is 5.69 Å². The molecule has 0 unspecified atom stereocenters. The number of nitrogens with zero attached hydrogens (tertiary/aromatic N) is 2. The van der Waals surface area contributed by atoms with Crippen molar-refractivity contribution >= 4 is 17.5 Å². The summed E-state index contributed by atoms with van der Waals surface area (Å²) < 4.78 is 7.01. The van der Waals surface area contributed by atoms with Crippen LogP contribution in [0.25, 0.3) is 5.69 Å². The molecule has 0 atom stereocenters. The first kappa shape index (κ1) is 21.1. The van der Waals surface area contributed by atoms with Crippen molar-refractivity contribution in [3.05, 3.63) is 101 Å². The van der Waals surface area contributed by atoms with E-state index in [2.05, 4.69) is 15.7 Å². The largest absolute Gasteiger partial charge is 0.459 e. The molecule has 2 aromatic heterocycles. The van der Waals surface area contributed by atoms with Gasteiger partial charge in [-0.1, -0.05) is 24.3 Å². The van der Waals surface area contributed by atoms with Gasteiger partial charge in [0.2, 0.25) is 0 Å². The lowest BCUT2D eigenvalue weighted by Crippen LogP contribution is -2.24. The van der Waals surface area contributed by atoms with E-state index >= 15 is 0 Å². The Hall–Kier alpha value is -4.13. The van der Waals surface area contributed by atoms with Crippen LogP contribution in [0.2, 0.25) is 0 Å². The maximum atomic E-state index is 12.8. The van der Waals surface area contributed by atoms with Gasteiger partial charge in [-0.2, -0.15) is 5.10 Å². The average molecular weight is 428 g/mol. The van der Waals surface area contributed by atoms with Gasteiger partial charge in [-0.25, -0.2) is 4.68 Å². The Balaban J connectivity index is 1.48. The summed E-state index contributed by atoms with van der Waals surface area (Å²) in [6.07, 6.45) is 1.44. The van der Waals surface area contributed by atoms with Crippen LogP contribution in [0, 0.1) is 20.8 Å². The highest BCUT2D eigenvalue weighted by Gasteiger charge is 2.16. The number of nitrogens with one attached hydrogen (secondary N) is 2. The molecule has 0 fully saturated rings. The number of aromatic nitrogens is 2. The molecule has 162 valence electrons. The molecule has 0 aliphatic heterocycles. The Morgan fingerprint density at radius 3 is 2.47 bits per heavy atom. The first-order chi connectivity index (χ1) is 15.4. The van der Waals surface area contributed by atoms with Crippen molar-refractivity contribution < 1.29 is 14.0 Å². The van der Waals surface area contributed by atoms with Gasteiger partial charge in [-0.15, -0.1) is 0 Å². The van der Waals surface area contributed by atoms with E-state index in [4.69, 9.17) is 4.42 Å². The smallest absolute Gasteiger partial charge is 0.291 e. The molecule has 0 saturated heterocycles. The van der Waals surface area contributed by atoms with Crippen LogP contribution in [0.5, 0.6) is 0 Å². The van der Waals surface area contributed by atoms with Gasteiger partial charge >= 0.3 is 0 Å². The minimum absolute atomic E-state index is 0.209. The Morgan fingerprint density at radius 2 is 1.75 bits per heavy atom. The summed E-state index contributed by atoms with van der Waals surface area (Å²) in [7, 11) is 0. The topological polar surface area (TPSA) is 89.2 Å². The third-order valence-corrected chi connectivity index (χ3v) is 5.36. The van der Waals surface area contributed by atoms with Gasteiger partial charge < -0.3 is 15.1 Å². The molecule has 2 aromatic carbocycles. The number of furan rings is 1. The zero-order valence-corrected chi connectivity index (χ0v) is 18.2. The molecule has 0 spiro atoms. The fourth-order valence-electron chi connectivity index (χ4n) is 3.51. The van der Waals surface area contributed by atoms with Gasteiger partial charge in [0.15, 0.2) is 5.76 Å². The Morgan fingerprint density at radius 1 is 0.969 bits per heavy atom. The lowest BCUT2D eigenvalue weighted by Gasteiger charge is -2.11. The molecule has 7 nitrogen and oxygen atoms in total. The van der Waals surface area contributed by atoms with E-state index in [-0.39, 0.29) is 17.6 Å². The maximum Gasteiger partial charge on any atom is 0.291 e. The molecular weight excluding hydrogens is 404 g/mol. The Bertz CT molecular complexity index is 1260. The lowest BCUT2D eigenvalue weighted by molar-refractivity contribution is 0.0949. The van der Waals surface area contributed by atoms with Gasteiger partial charge in [0.05, 0.1) is 17.6 Å². The van der Waals surface area contributed by atoms with Gasteiger partial charge in [-0.05, 0) is 62.7 Å². The number of para-hydroxylation sites is 1. The number of amides is 2. The molecule has 0 bridgehead atoms. The third kappa shape index (κ3) is 4.32. The van der Waals surface area contributed by atoms with Crippen LogP contribution in [0.15, 0.2) is 71.3 Å². The summed E-state index contributed by atoms with van der Waals surface area (Å²) in [5, 5.41) is 10.4. The summed E-state index contributed by atoms with van der Waals surface area (Å²) in [5.74, 6) is -0.388. The molecule has 4 rings (SSSR count). The van der Waals surface area contributed by atoms with E-state index in [0.717, 1.165) is 28.2 Å². The minimum Gasteiger partial charge on any atom is -0.459 e.